The quantitative estimate of drug-likeness (QED) is 0.151. The fourth-order valence-corrected chi connectivity index (χ4v) is 9.01. The van der Waals surface area contributed by atoms with Crippen molar-refractivity contribution in [3.8, 4) is 11.1 Å². The number of fused-ring (bicyclic) bond motifs is 9. The van der Waals surface area contributed by atoms with Gasteiger partial charge in [0.05, 0.1) is 5.69 Å². The van der Waals surface area contributed by atoms with Crippen molar-refractivity contribution in [1.82, 2.24) is 0 Å². The maximum Gasteiger partial charge on any atom is 0.136 e. The van der Waals surface area contributed by atoms with Crippen molar-refractivity contribution in [2.45, 2.75) is 0 Å². The van der Waals surface area contributed by atoms with E-state index in [0.29, 0.717) is 0 Å². The number of rotatable bonds is 7. The third-order valence-corrected chi connectivity index (χ3v) is 11.8. The van der Waals surface area contributed by atoms with Crippen LogP contribution in [-0.4, -0.2) is 0 Å². The normalized spacial score (nSPS) is 11.7. The highest BCUT2D eigenvalue weighted by molar-refractivity contribution is 6.17. The van der Waals surface area contributed by atoms with E-state index in [0.717, 1.165) is 94.5 Å². The van der Waals surface area contributed by atoms with E-state index in [9.17, 15) is 0 Å². The van der Waals surface area contributed by atoms with Gasteiger partial charge in [0, 0.05) is 55.5 Å². The molecule has 0 aliphatic heterocycles. The summed E-state index contributed by atoms with van der Waals surface area (Å²) in [6.07, 6.45) is 0. The Balaban J connectivity index is 1.06. The molecule has 0 aliphatic carbocycles. The number of para-hydroxylation sites is 4. The van der Waals surface area contributed by atoms with E-state index < -0.39 is 0 Å². The predicted molar refractivity (Wildman–Crippen MR) is 251 cm³/mol. The Kier molecular flexibility index (Phi) is 7.82. The van der Waals surface area contributed by atoms with Crippen LogP contribution in [0.25, 0.3) is 76.5 Å². The van der Waals surface area contributed by atoms with Crippen LogP contribution >= 0.6 is 0 Å². The molecule has 4 heteroatoms. The second kappa shape index (κ2) is 13.8. The molecule has 282 valence electrons. The van der Waals surface area contributed by atoms with Crippen LogP contribution in [0.3, 0.4) is 0 Å². The molecule has 12 rings (SSSR count). The summed E-state index contributed by atoms with van der Waals surface area (Å²) in [5, 5.41) is 9.15. The van der Waals surface area contributed by atoms with Gasteiger partial charge in [0.15, 0.2) is 0 Å². The minimum Gasteiger partial charge on any atom is -0.456 e. The molecule has 0 N–H and O–H groups in total. The third-order valence-electron chi connectivity index (χ3n) is 11.8. The molecule has 0 atom stereocenters. The minimum absolute atomic E-state index is 0.866. The van der Waals surface area contributed by atoms with Crippen LogP contribution < -0.4 is 9.80 Å². The van der Waals surface area contributed by atoms with Gasteiger partial charge in [-0.3, -0.25) is 0 Å². The number of hydrogen-bond acceptors (Lipinski definition) is 4. The van der Waals surface area contributed by atoms with Crippen molar-refractivity contribution in [2.24, 2.45) is 0 Å². The lowest BCUT2D eigenvalue weighted by Gasteiger charge is -2.30. The van der Waals surface area contributed by atoms with Gasteiger partial charge in [0.2, 0.25) is 0 Å². The molecule has 0 radical (unpaired) electrons. The van der Waals surface area contributed by atoms with Crippen molar-refractivity contribution < 1.29 is 8.83 Å². The molecule has 0 amide bonds. The maximum atomic E-state index is 6.30. The van der Waals surface area contributed by atoms with E-state index in [-0.39, 0.29) is 0 Å². The monoisotopic (exact) mass is 768 g/mol. The smallest absolute Gasteiger partial charge is 0.136 e. The molecule has 12 aromatic rings. The Morgan fingerprint density at radius 2 is 0.783 bits per heavy atom. The first kappa shape index (κ1) is 34.0. The molecule has 60 heavy (non-hydrogen) atoms. The molecule has 4 nitrogen and oxygen atoms in total. The van der Waals surface area contributed by atoms with Crippen LogP contribution in [0.5, 0.6) is 0 Å². The van der Waals surface area contributed by atoms with Crippen molar-refractivity contribution in [3.05, 3.63) is 218 Å². The summed E-state index contributed by atoms with van der Waals surface area (Å²) in [5.74, 6) is 0. The summed E-state index contributed by atoms with van der Waals surface area (Å²) in [7, 11) is 0. The van der Waals surface area contributed by atoms with Crippen LogP contribution in [0, 0.1) is 0 Å². The fourth-order valence-electron chi connectivity index (χ4n) is 9.01. The molecule has 0 bridgehead atoms. The molecule has 0 unspecified atom stereocenters. The Morgan fingerprint density at radius 1 is 0.267 bits per heavy atom. The SMILES string of the molecule is c1ccc(-c2ccccc2N(c2cccc(N(c3ccccc3)c3ccc4ccc5cc6oc7ccccc7c6cc5c4c3)c2)c2ccc3oc4ccccc4c3c2)cc1. The molecule has 2 heterocycles. The summed E-state index contributed by atoms with van der Waals surface area (Å²) in [6.45, 7) is 0. The zero-order chi connectivity index (χ0) is 39.6. The topological polar surface area (TPSA) is 32.8 Å². The minimum atomic E-state index is 0.866. The average molecular weight is 769 g/mol. The number of furan rings is 2. The van der Waals surface area contributed by atoms with Crippen LogP contribution in [0.2, 0.25) is 0 Å². The highest BCUT2D eigenvalue weighted by Gasteiger charge is 2.21. The van der Waals surface area contributed by atoms with Gasteiger partial charge < -0.3 is 18.6 Å². The van der Waals surface area contributed by atoms with E-state index in [2.05, 4.69) is 204 Å². The lowest BCUT2D eigenvalue weighted by atomic mass is 9.99. The maximum absolute atomic E-state index is 6.30. The van der Waals surface area contributed by atoms with Crippen LogP contribution in [0.15, 0.2) is 227 Å². The highest BCUT2D eigenvalue weighted by Crippen LogP contribution is 2.46. The summed E-state index contributed by atoms with van der Waals surface area (Å²) in [4.78, 5) is 4.74. The van der Waals surface area contributed by atoms with Gasteiger partial charge in [-0.25, -0.2) is 0 Å². The van der Waals surface area contributed by atoms with Gasteiger partial charge in [-0.2, -0.15) is 0 Å². The largest absolute Gasteiger partial charge is 0.456 e. The molecule has 0 saturated heterocycles. The average Bonchev–Trinajstić information content (AvgIpc) is 3.87. The Morgan fingerprint density at radius 3 is 1.58 bits per heavy atom. The van der Waals surface area contributed by atoms with E-state index in [1.54, 1.807) is 0 Å². The third kappa shape index (κ3) is 5.61. The molecule has 0 fully saturated rings. The number of nitrogens with zero attached hydrogens (tertiary/aromatic N) is 2. The lowest BCUT2D eigenvalue weighted by molar-refractivity contribution is 0.668. The van der Waals surface area contributed by atoms with Gasteiger partial charge in [-0.05, 0) is 118 Å². The number of benzene rings is 10. The first-order valence-corrected chi connectivity index (χ1v) is 20.3. The lowest BCUT2D eigenvalue weighted by Crippen LogP contribution is -2.14. The van der Waals surface area contributed by atoms with Crippen molar-refractivity contribution in [2.75, 3.05) is 9.80 Å². The predicted octanol–water partition coefficient (Wildman–Crippen LogP) is 16.4. The first-order chi connectivity index (χ1) is 29.7. The summed E-state index contributed by atoms with van der Waals surface area (Å²) >= 11 is 0. The molecule has 0 saturated carbocycles. The van der Waals surface area contributed by atoms with E-state index in [1.165, 1.54) is 16.2 Å². The van der Waals surface area contributed by atoms with E-state index in [4.69, 9.17) is 8.83 Å². The Hall–Kier alpha value is -8.08. The molecule has 0 aliphatic rings. The van der Waals surface area contributed by atoms with Crippen LogP contribution in [-0.2, 0) is 0 Å². The van der Waals surface area contributed by atoms with Crippen LogP contribution in [0.4, 0.5) is 34.1 Å². The summed E-state index contributed by atoms with van der Waals surface area (Å²) < 4.78 is 12.6. The molecule has 2 aromatic heterocycles. The number of hydrogen-bond donors (Lipinski definition) is 0. The van der Waals surface area contributed by atoms with E-state index >= 15 is 0 Å². The van der Waals surface area contributed by atoms with E-state index in [1.807, 2.05) is 24.3 Å². The molecule has 0 spiro atoms. The number of anilines is 6. The molecule has 10 aromatic carbocycles. The standard InChI is InChI=1S/C56H36N2O2/c1-3-14-37(15-4-1)45-20-7-10-23-52(45)58(44-30-31-55-50(35-44)46-21-8-11-24-53(46)59-55)42-19-13-18-41(33-42)57(40-16-5-2-6-17-40)43-29-28-38-26-27-39-32-56-51(36-49(39)48(38)34-43)47-22-9-12-25-54(47)60-56/h1-36H. The van der Waals surface area contributed by atoms with Crippen molar-refractivity contribution in [3.63, 3.8) is 0 Å². The zero-order valence-electron chi connectivity index (χ0n) is 32.5. The highest BCUT2D eigenvalue weighted by atomic mass is 16.3. The molecular formula is C56H36N2O2. The van der Waals surface area contributed by atoms with Crippen molar-refractivity contribution >= 4 is 99.5 Å². The zero-order valence-corrected chi connectivity index (χ0v) is 32.5. The fraction of sp³-hybridized carbons (Fsp3) is 0. The second-order valence-corrected chi connectivity index (χ2v) is 15.3. The Bertz CT molecular complexity index is 3570. The van der Waals surface area contributed by atoms with Gasteiger partial charge in [-0.15, -0.1) is 0 Å². The first-order valence-electron chi connectivity index (χ1n) is 20.3. The Labute approximate surface area is 346 Å². The summed E-state index contributed by atoms with van der Waals surface area (Å²) in [6, 6.07) is 77.7. The van der Waals surface area contributed by atoms with Crippen LogP contribution in [0.1, 0.15) is 0 Å². The van der Waals surface area contributed by atoms with Gasteiger partial charge in [0.25, 0.3) is 0 Å². The van der Waals surface area contributed by atoms with Gasteiger partial charge in [-0.1, -0.05) is 127 Å². The summed E-state index contributed by atoms with van der Waals surface area (Å²) in [5.41, 5.74) is 12.2. The molecular weight excluding hydrogens is 733 g/mol. The van der Waals surface area contributed by atoms with Gasteiger partial charge >= 0.3 is 0 Å². The second-order valence-electron chi connectivity index (χ2n) is 15.3. The van der Waals surface area contributed by atoms with Crippen molar-refractivity contribution in [1.29, 1.82) is 0 Å². The van der Waals surface area contributed by atoms with Gasteiger partial charge in [0.1, 0.15) is 22.3 Å².